The van der Waals surface area contributed by atoms with Crippen LogP contribution in [0.2, 0.25) is 0 Å². The molecule has 1 heterocycles. The van der Waals surface area contributed by atoms with Gasteiger partial charge in [0.15, 0.2) is 0 Å². The molecule has 6 heteroatoms. The van der Waals surface area contributed by atoms with Gasteiger partial charge in [-0.05, 0) is 36.6 Å². The molecule has 0 saturated carbocycles. The third kappa shape index (κ3) is 3.85. The SMILES string of the molecule is COc1ccc(C=CC(=O)N2CCC(O)CC2)cc1C(=O)O. The Balaban J connectivity index is 2.08. The molecule has 0 aliphatic carbocycles. The van der Waals surface area contributed by atoms with Crippen LogP contribution in [0.3, 0.4) is 0 Å². The number of aliphatic hydroxyl groups excluding tert-OH is 1. The van der Waals surface area contributed by atoms with E-state index in [4.69, 9.17) is 9.84 Å². The number of piperidine rings is 1. The second kappa shape index (κ2) is 7.09. The van der Waals surface area contributed by atoms with Crippen LogP contribution in [0.1, 0.15) is 28.8 Å². The van der Waals surface area contributed by atoms with E-state index in [9.17, 15) is 14.7 Å². The first-order valence-electron chi connectivity index (χ1n) is 7.07. The molecule has 0 atom stereocenters. The van der Waals surface area contributed by atoms with Crippen molar-refractivity contribution in [3.8, 4) is 5.75 Å². The number of methoxy groups -OCH3 is 1. The minimum Gasteiger partial charge on any atom is -0.496 e. The van der Waals surface area contributed by atoms with Gasteiger partial charge in [-0.15, -0.1) is 0 Å². The highest BCUT2D eigenvalue weighted by Gasteiger charge is 2.19. The summed E-state index contributed by atoms with van der Waals surface area (Å²) in [5.41, 5.74) is 0.668. The lowest BCUT2D eigenvalue weighted by Crippen LogP contribution is -2.39. The second-order valence-electron chi connectivity index (χ2n) is 5.15. The van der Waals surface area contributed by atoms with E-state index in [0.29, 0.717) is 31.5 Å². The Hall–Kier alpha value is -2.34. The van der Waals surface area contributed by atoms with Gasteiger partial charge in [0, 0.05) is 19.2 Å². The summed E-state index contributed by atoms with van der Waals surface area (Å²) in [6.07, 6.45) is 3.86. The second-order valence-corrected chi connectivity index (χ2v) is 5.15. The predicted molar refractivity (Wildman–Crippen MR) is 80.8 cm³/mol. The molecular weight excluding hydrogens is 286 g/mol. The summed E-state index contributed by atoms with van der Waals surface area (Å²) < 4.78 is 4.99. The summed E-state index contributed by atoms with van der Waals surface area (Å²) in [6, 6.07) is 4.71. The van der Waals surface area contributed by atoms with E-state index in [1.165, 1.54) is 19.3 Å². The van der Waals surface area contributed by atoms with Crippen molar-refractivity contribution < 1.29 is 24.5 Å². The molecule has 1 aromatic carbocycles. The normalized spacial score (nSPS) is 16.0. The van der Waals surface area contributed by atoms with Crippen molar-refractivity contribution in [3.05, 3.63) is 35.4 Å². The Morgan fingerprint density at radius 3 is 2.59 bits per heavy atom. The lowest BCUT2D eigenvalue weighted by atomic mass is 10.1. The van der Waals surface area contributed by atoms with E-state index in [1.54, 1.807) is 23.1 Å². The maximum absolute atomic E-state index is 12.0. The molecule has 0 bridgehead atoms. The highest BCUT2D eigenvalue weighted by atomic mass is 16.5. The van der Waals surface area contributed by atoms with Gasteiger partial charge in [0.25, 0.3) is 0 Å². The Morgan fingerprint density at radius 2 is 2.00 bits per heavy atom. The van der Waals surface area contributed by atoms with Gasteiger partial charge in [0.2, 0.25) is 5.91 Å². The van der Waals surface area contributed by atoms with Crippen LogP contribution in [0.5, 0.6) is 5.75 Å². The molecular formula is C16H19NO5. The number of nitrogens with zero attached hydrogens (tertiary/aromatic N) is 1. The fraction of sp³-hybridized carbons (Fsp3) is 0.375. The lowest BCUT2D eigenvalue weighted by Gasteiger charge is -2.28. The number of aliphatic hydroxyl groups is 1. The van der Waals surface area contributed by atoms with Crippen LogP contribution >= 0.6 is 0 Å². The number of hydrogen-bond acceptors (Lipinski definition) is 4. The molecule has 1 saturated heterocycles. The summed E-state index contributed by atoms with van der Waals surface area (Å²) >= 11 is 0. The van der Waals surface area contributed by atoms with Gasteiger partial charge in [-0.2, -0.15) is 0 Å². The van der Waals surface area contributed by atoms with Crippen molar-refractivity contribution in [3.63, 3.8) is 0 Å². The van der Waals surface area contributed by atoms with Gasteiger partial charge in [-0.1, -0.05) is 6.07 Å². The molecule has 1 aliphatic rings. The molecule has 22 heavy (non-hydrogen) atoms. The number of rotatable bonds is 4. The van der Waals surface area contributed by atoms with Crippen LogP contribution < -0.4 is 4.74 Å². The summed E-state index contributed by atoms with van der Waals surface area (Å²) in [4.78, 5) is 24.9. The number of aromatic carboxylic acids is 1. The van der Waals surface area contributed by atoms with E-state index in [2.05, 4.69) is 0 Å². The Morgan fingerprint density at radius 1 is 1.32 bits per heavy atom. The van der Waals surface area contributed by atoms with Crippen LogP contribution in [-0.2, 0) is 4.79 Å². The summed E-state index contributed by atoms with van der Waals surface area (Å²) in [5.74, 6) is -0.941. The maximum Gasteiger partial charge on any atom is 0.339 e. The van der Waals surface area contributed by atoms with Crippen LogP contribution in [0.4, 0.5) is 0 Å². The molecule has 0 aromatic heterocycles. The quantitative estimate of drug-likeness (QED) is 0.821. The zero-order valence-electron chi connectivity index (χ0n) is 12.4. The topological polar surface area (TPSA) is 87.1 Å². The van der Waals surface area contributed by atoms with E-state index in [1.807, 2.05) is 0 Å². The van der Waals surface area contributed by atoms with Crippen LogP contribution in [-0.4, -0.2) is 53.3 Å². The average molecular weight is 305 g/mol. The van der Waals surface area contributed by atoms with Gasteiger partial charge in [-0.25, -0.2) is 4.79 Å². The van der Waals surface area contributed by atoms with Crippen molar-refractivity contribution in [2.75, 3.05) is 20.2 Å². The highest BCUT2D eigenvalue weighted by Crippen LogP contribution is 2.20. The number of amides is 1. The molecule has 0 spiro atoms. The zero-order chi connectivity index (χ0) is 16.1. The van der Waals surface area contributed by atoms with Gasteiger partial charge in [0.05, 0.1) is 13.2 Å². The number of likely N-dealkylation sites (tertiary alicyclic amines) is 1. The molecule has 2 N–H and O–H groups in total. The fourth-order valence-corrected chi connectivity index (χ4v) is 2.36. The van der Waals surface area contributed by atoms with Gasteiger partial charge in [-0.3, -0.25) is 4.79 Å². The van der Waals surface area contributed by atoms with E-state index in [0.717, 1.165) is 0 Å². The number of benzene rings is 1. The van der Waals surface area contributed by atoms with Crippen LogP contribution in [0.25, 0.3) is 6.08 Å². The van der Waals surface area contributed by atoms with Crippen LogP contribution in [0.15, 0.2) is 24.3 Å². The first-order chi connectivity index (χ1) is 10.5. The first-order valence-corrected chi connectivity index (χ1v) is 7.07. The maximum atomic E-state index is 12.0. The lowest BCUT2D eigenvalue weighted by molar-refractivity contribution is -0.127. The molecule has 1 amide bonds. The number of ether oxygens (including phenoxy) is 1. The van der Waals surface area contributed by atoms with Crippen molar-refractivity contribution in [2.45, 2.75) is 18.9 Å². The van der Waals surface area contributed by atoms with Crippen LogP contribution in [0, 0.1) is 0 Å². The minimum atomic E-state index is -1.08. The standard InChI is InChI=1S/C16H19NO5/c1-22-14-4-2-11(10-13(14)16(20)21)3-5-15(19)17-8-6-12(18)7-9-17/h2-5,10,12,18H,6-9H2,1H3,(H,20,21). The van der Waals surface area contributed by atoms with Crippen molar-refractivity contribution in [1.29, 1.82) is 0 Å². The molecule has 2 rings (SSSR count). The number of carbonyl (C=O) groups excluding carboxylic acids is 1. The monoisotopic (exact) mass is 305 g/mol. The average Bonchev–Trinajstić information content (AvgIpc) is 2.53. The largest absolute Gasteiger partial charge is 0.496 e. The number of carbonyl (C=O) groups is 2. The molecule has 1 aliphatic heterocycles. The molecule has 0 unspecified atom stereocenters. The number of hydrogen-bond donors (Lipinski definition) is 2. The molecule has 1 fully saturated rings. The van der Waals surface area contributed by atoms with Crippen molar-refractivity contribution >= 4 is 18.0 Å². The smallest absolute Gasteiger partial charge is 0.339 e. The molecule has 0 radical (unpaired) electrons. The van der Waals surface area contributed by atoms with Crippen molar-refractivity contribution in [1.82, 2.24) is 4.90 Å². The van der Waals surface area contributed by atoms with Gasteiger partial charge in [0.1, 0.15) is 11.3 Å². The number of carboxylic acids is 1. The summed E-state index contributed by atoms with van der Waals surface area (Å²) in [7, 11) is 1.41. The first kappa shape index (κ1) is 16.0. The highest BCUT2D eigenvalue weighted by molar-refractivity contribution is 5.94. The zero-order valence-corrected chi connectivity index (χ0v) is 12.4. The third-order valence-corrected chi connectivity index (χ3v) is 3.65. The Labute approximate surface area is 128 Å². The predicted octanol–water partition coefficient (Wildman–Crippen LogP) is 1.39. The Bertz CT molecular complexity index is 588. The third-order valence-electron chi connectivity index (χ3n) is 3.65. The molecule has 118 valence electrons. The van der Waals surface area contributed by atoms with E-state index in [-0.39, 0.29) is 23.3 Å². The number of carboxylic acid groups (broad SMARTS) is 1. The molecule has 6 nitrogen and oxygen atoms in total. The van der Waals surface area contributed by atoms with Gasteiger partial charge >= 0.3 is 5.97 Å². The Kier molecular flexibility index (Phi) is 5.16. The van der Waals surface area contributed by atoms with Gasteiger partial charge < -0.3 is 19.8 Å². The van der Waals surface area contributed by atoms with E-state index < -0.39 is 5.97 Å². The minimum absolute atomic E-state index is 0.0539. The summed E-state index contributed by atoms with van der Waals surface area (Å²) in [6.45, 7) is 1.07. The van der Waals surface area contributed by atoms with E-state index >= 15 is 0 Å². The van der Waals surface area contributed by atoms with Crippen molar-refractivity contribution in [2.24, 2.45) is 0 Å². The molecule has 1 aromatic rings. The fourth-order valence-electron chi connectivity index (χ4n) is 2.36. The summed E-state index contributed by atoms with van der Waals surface area (Å²) in [5, 5.41) is 18.5.